The Hall–Kier alpha value is -1.65. The minimum Gasteiger partial charge on any atom is -0.495 e. The number of rotatable bonds is 3. The monoisotopic (exact) mass is 267 g/mol. The molecule has 0 aliphatic heterocycles. The van der Waals surface area contributed by atoms with Gasteiger partial charge in [0.05, 0.1) is 18.3 Å². The largest absolute Gasteiger partial charge is 0.495 e. The molecule has 1 unspecified atom stereocenters. The van der Waals surface area contributed by atoms with Crippen LogP contribution in [0.4, 0.5) is 4.39 Å². The fourth-order valence-corrected chi connectivity index (χ4v) is 1.83. The summed E-state index contributed by atoms with van der Waals surface area (Å²) in [6.45, 7) is 0. The zero-order valence-corrected chi connectivity index (χ0v) is 10.4. The summed E-state index contributed by atoms with van der Waals surface area (Å²) in [6, 6.07) is 6.22. The summed E-state index contributed by atoms with van der Waals surface area (Å²) in [5.41, 5.74) is 0.663. The molecule has 2 aromatic rings. The number of ether oxygens (including phenoxy) is 1. The molecule has 1 aromatic heterocycles. The van der Waals surface area contributed by atoms with Crippen LogP contribution in [0, 0.1) is 5.82 Å². The van der Waals surface area contributed by atoms with E-state index in [1.54, 1.807) is 18.2 Å². The van der Waals surface area contributed by atoms with E-state index in [4.69, 9.17) is 16.3 Å². The molecule has 0 aliphatic rings. The molecule has 2 rings (SSSR count). The highest BCUT2D eigenvalue weighted by Crippen LogP contribution is 2.30. The Morgan fingerprint density at radius 2 is 2.17 bits per heavy atom. The Morgan fingerprint density at radius 1 is 1.39 bits per heavy atom. The summed E-state index contributed by atoms with van der Waals surface area (Å²) < 4.78 is 18.6. The number of aliphatic hydroxyl groups excluding tert-OH is 1. The first-order chi connectivity index (χ1) is 8.63. The van der Waals surface area contributed by atoms with Crippen LogP contribution >= 0.6 is 11.6 Å². The van der Waals surface area contributed by atoms with E-state index in [9.17, 15) is 9.50 Å². The highest BCUT2D eigenvalue weighted by atomic mass is 35.5. The molecule has 0 spiro atoms. The van der Waals surface area contributed by atoms with Crippen molar-refractivity contribution in [1.29, 1.82) is 0 Å². The fourth-order valence-electron chi connectivity index (χ4n) is 1.63. The minimum atomic E-state index is -1.08. The van der Waals surface area contributed by atoms with Gasteiger partial charge in [-0.25, -0.2) is 4.39 Å². The molecule has 18 heavy (non-hydrogen) atoms. The molecule has 1 N–H and O–H groups in total. The molecule has 94 valence electrons. The lowest BCUT2D eigenvalue weighted by Crippen LogP contribution is -2.03. The van der Waals surface area contributed by atoms with E-state index in [2.05, 4.69) is 4.98 Å². The van der Waals surface area contributed by atoms with E-state index in [-0.39, 0.29) is 5.56 Å². The fraction of sp³-hybridized carbons (Fsp3) is 0.154. The topological polar surface area (TPSA) is 42.4 Å². The van der Waals surface area contributed by atoms with Crippen molar-refractivity contribution in [3.8, 4) is 5.75 Å². The average Bonchev–Trinajstić information content (AvgIpc) is 2.39. The van der Waals surface area contributed by atoms with Crippen LogP contribution in [0.5, 0.6) is 5.75 Å². The molecular weight excluding hydrogens is 257 g/mol. The van der Waals surface area contributed by atoms with Crippen LogP contribution in [0.2, 0.25) is 5.02 Å². The van der Waals surface area contributed by atoms with Crippen LogP contribution in [-0.2, 0) is 0 Å². The molecule has 0 saturated carbocycles. The molecule has 0 saturated heterocycles. The SMILES string of the molecule is COc1cc(C(O)c2ccncc2F)ccc1Cl. The third kappa shape index (κ3) is 2.44. The number of benzene rings is 1. The normalized spacial score (nSPS) is 12.2. The van der Waals surface area contributed by atoms with Crippen LogP contribution in [0.15, 0.2) is 36.7 Å². The summed E-state index contributed by atoms with van der Waals surface area (Å²) in [5.74, 6) is -0.124. The van der Waals surface area contributed by atoms with Crippen molar-refractivity contribution < 1.29 is 14.2 Å². The maximum atomic E-state index is 13.5. The predicted molar refractivity (Wildman–Crippen MR) is 66.3 cm³/mol. The maximum absolute atomic E-state index is 13.5. The third-order valence-corrected chi connectivity index (χ3v) is 2.90. The van der Waals surface area contributed by atoms with Gasteiger partial charge in [0.2, 0.25) is 0 Å². The lowest BCUT2D eigenvalue weighted by molar-refractivity contribution is 0.214. The molecule has 0 bridgehead atoms. The Morgan fingerprint density at radius 3 is 2.83 bits per heavy atom. The van der Waals surface area contributed by atoms with E-state index in [1.165, 1.54) is 19.4 Å². The Bertz CT molecular complexity index is 562. The second-order valence-corrected chi connectivity index (χ2v) is 4.10. The minimum absolute atomic E-state index is 0.161. The van der Waals surface area contributed by atoms with Gasteiger partial charge < -0.3 is 9.84 Å². The highest BCUT2D eigenvalue weighted by Gasteiger charge is 2.16. The lowest BCUT2D eigenvalue weighted by atomic mass is 10.0. The summed E-state index contributed by atoms with van der Waals surface area (Å²) in [5, 5.41) is 10.6. The van der Waals surface area contributed by atoms with E-state index in [0.717, 1.165) is 6.20 Å². The summed E-state index contributed by atoms with van der Waals surface area (Å²) >= 11 is 5.89. The second-order valence-electron chi connectivity index (χ2n) is 3.69. The highest BCUT2D eigenvalue weighted by molar-refractivity contribution is 6.32. The van der Waals surface area contributed by atoms with Gasteiger partial charge in [0.1, 0.15) is 17.7 Å². The van der Waals surface area contributed by atoms with Gasteiger partial charge in [0, 0.05) is 11.8 Å². The first-order valence-electron chi connectivity index (χ1n) is 5.24. The number of nitrogens with zero attached hydrogens (tertiary/aromatic N) is 1. The van der Waals surface area contributed by atoms with Crippen molar-refractivity contribution >= 4 is 11.6 Å². The molecule has 1 aromatic carbocycles. The number of aliphatic hydroxyl groups is 1. The van der Waals surface area contributed by atoms with Crippen LogP contribution < -0.4 is 4.74 Å². The van der Waals surface area contributed by atoms with Gasteiger partial charge >= 0.3 is 0 Å². The van der Waals surface area contributed by atoms with E-state index in [0.29, 0.717) is 16.3 Å². The van der Waals surface area contributed by atoms with Crippen molar-refractivity contribution in [1.82, 2.24) is 4.98 Å². The Labute approximate surface area is 109 Å². The Balaban J connectivity index is 2.40. The second kappa shape index (κ2) is 5.33. The van der Waals surface area contributed by atoms with Crippen LogP contribution in [0.1, 0.15) is 17.2 Å². The smallest absolute Gasteiger partial charge is 0.147 e. The number of methoxy groups -OCH3 is 1. The predicted octanol–water partition coefficient (Wildman–Crippen LogP) is 2.96. The third-order valence-electron chi connectivity index (χ3n) is 2.59. The standard InChI is InChI=1S/C13H11ClFNO2/c1-18-12-6-8(2-3-10(12)14)13(17)9-4-5-16-7-11(9)15/h2-7,13,17H,1H3. The molecule has 3 nitrogen and oxygen atoms in total. The van der Waals surface area contributed by atoms with E-state index in [1.807, 2.05) is 0 Å². The number of hydrogen-bond donors (Lipinski definition) is 1. The Kier molecular flexibility index (Phi) is 3.79. The molecule has 5 heteroatoms. The molecular formula is C13H11ClFNO2. The molecule has 0 aliphatic carbocycles. The van der Waals surface area contributed by atoms with Gasteiger partial charge in [-0.05, 0) is 23.8 Å². The molecule has 0 radical (unpaired) electrons. The van der Waals surface area contributed by atoms with Gasteiger partial charge in [-0.1, -0.05) is 17.7 Å². The van der Waals surface area contributed by atoms with Crippen LogP contribution in [0.3, 0.4) is 0 Å². The van der Waals surface area contributed by atoms with Gasteiger partial charge in [-0.2, -0.15) is 0 Å². The molecule has 0 fully saturated rings. The van der Waals surface area contributed by atoms with Crippen LogP contribution in [-0.4, -0.2) is 17.2 Å². The van der Waals surface area contributed by atoms with Crippen molar-refractivity contribution in [2.45, 2.75) is 6.10 Å². The molecule has 0 amide bonds. The van der Waals surface area contributed by atoms with Crippen LogP contribution in [0.25, 0.3) is 0 Å². The lowest BCUT2D eigenvalue weighted by Gasteiger charge is -2.13. The van der Waals surface area contributed by atoms with Gasteiger partial charge in [-0.15, -0.1) is 0 Å². The number of hydrogen-bond acceptors (Lipinski definition) is 3. The van der Waals surface area contributed by atoms with E-state index >= 15 is 0 Å². The van der Waals surface area contributed by atoms with Gasteiger partial charge in [0.15, 0.2) is 0 Å². The first kappa shape index (κ1) is 12.8. The number of halogens is 2. The van der Waals surface area contributed by atoms with Crippen molar-refractivity contribution in [2.24, 2.45) is 0 Å². The number of aromatic nitrogens is 1. The summed E-state index contributed by atoms with van der Waals surface area (Å²) in [6.07, 6.45) is 1.40. The maximum Gasteiger partial charge on any atom is 0.147 e. The van der Waals surface area contributed by atoms with Gasteiger partial charge in [0.25, 0.3) is 0 Å². The summed E-state index contributed by atoms with van der Waals surface area (Å²) in [4.78, 5) is 3.64. The molecule has 1 atom stereocenters. The van der Waals surface area contributed by atoms with Crippen molar-refractivity contribution in [2.75, 3.05) is 7.11 Å². The van der Waals surface area contributed by atoms with Gasteiger partial charge in [-0.3, -0.25) is 4.98 Å². The first-order valence-corrected chi connectivity index (χ1v) is 5.62. The zero-order valence-electron chi connectivity index (χ0n) is 9.60. The van der Waals surface area contributed by atoms with Crippen molar-refractivity contribution in [3.63, 3.8) is 0 Å². The summed E-state index contributed by atoms with van der Waals surface area (Å²) in [7, 11) is 1.48. The average molecular weight is 268 g/mol. The zero-order chi connectivity index (χ0) is 13.1. The number of pyridine rings is 1. The van der Waals surface area contributed by atoms with E-state index < -0.39 is 11.9 Å². The quantitative estimate of drug-likeness (QED) is 0.930. The van der Waals surface area contributed by atoms with Crippen molar-refractivity contribution in [3.05, 3.63) is 58.6 Å². The molecule has 1 heterocycles.